The lowest BCUT2D eigenvalue weighted by Crippen LogP contribution is -2.10. The maximum Gasteiger partial charge on any atom is 0.0541 e. The summed E-state index contributed by atoms with van der Waals surface area (Å²) >= 11 is 0. The Morgan fingerprint density at radius 2 is 0.935 bits per heavy atom. The van der Waals surface area contributed by atoms with Gasteiger partial charge in [0.2, 0.25) is 0 Å². The number of nitrogens with zero attached hydrogens (tertiary/aromatic N) is 2. The molecule has 9 rings (SSSR count). The van der Waals surface area contributed by atoms with E-state index < -0.39 is 0 Å². The predicted molar refractivity (Wildman–Crippen MR) is 196 cm³/mol. The van der Waals surface area contributed by atoms with Crippen LogP contribution in [0.5, 0.6) is 0 Å². The van der Waals surface area contributed by atoms with Gasteiger partial charge < -0.3 is 9.47 Å². The molecule has 0 atom stereocenters. The Morgan fingerprint density at radius 1 is 0.370 bits per heavy atom. The average molecular weight is 587 g/mol. The summed E-state index contributed by atoms with van der Waals surface area (Å²) in [7, 11) is 0. The van der Waals surface area contributed by atoms with Crippen molar-refractivity contribution in [1.82, 2.24) is 4.57 Å². The van der Waals surface area contributed by atoms with Gasteiger partial charge in [0.1, 0.15) is 0 Å². The van der Waals surface area contributed by atoms with Gasteiger partial charge >= 0.3 is 0 Å². The lowest BCUT2D eigenvalue weighted by molar-refractivity contribution is 1.19. The van der Waals surface area contributed by atoms with E-state index in [9.17, 15) is 0 Å². The molecule has 8 aromatic carbocycles. The van der Waals surface area contributed by atoms with Crippen LogP contribution >= 0.6 is 0 Å². The molecule has 0 saturated heterocycles. The van der Waals surface area contributed by atoms with Crippen LogP contribution in [0.2, 0.25) is 0 Å². The molecular weight excluding hydrogens is 556 g/mol. The van der Waals surface area contributed by atoms with Gasteiger partial charge in [0.05, 0.1) is 16.7 Å². The van der Waals surface area contributed by atoms with Gasteiger partial charge in [0.15, 0.2) is 0 Å². The minimum absolute atomic E-state index is 1.12. The summed E-state index contributed by atoms with van der Waals surface area (Å²) in [6.45, 7) is 0. The Bertz CT molecular complexity index is 2480. The SMILES string of the molecule is c1ccc(N(c2cccc(-c3cc(-n4c5ccccc5c5ccccc54)cc4ccccc34)c2)c2cccc3ccccc23)cc1. The van der Waals surface area contributed by atoms with Crippen LogP contribution < -0.4 is 4.90 Å². The van der Waals surface area contributed by atoms with Crippen molar-refractivity contribution in [3.8, 4) is 16.8 Å². The lowest BCUT2D eigenvalue weighted by atomic mass is 9.96. The number of fused-ring (bicyclic) bond motifs is 5. The van der Waals surface area contributed by atoms with Gasteiger partial charge in [-0.05, 0) is 81.9 Å². The Kier molecular flexibility index (Phi) is 6.17. The Morgan fingerprint density at radius 3 is 1.70 bits per heavy atom. The van der Waals surface area contributed by atoms with E-state index in [-0.39, 0.29) is 0 Å². The fourth-order valence-corrected chi connectivity index (χ4v) is 7.08. The molecule has 2 nitrogen and oxygen atoms in total. The molecule has 9 aromatic rings. The van der Waals surface area contributed by atoms with Crippen molar-refractivity contribution in [1.29, 1.82) is 0 Å². The van der Waals surface area contributed by atoms with Crippen molar-refractivity contribution >= 4 is 60.4 Å². The van der Waals surface area contributed by atoms with E-state index in [1.54, 1.807) is 0 Å². The summed E-state index contributed by atoms with van der Waals surface area (Å²) in [6, 6.07) is 65.7. The van der Waals surface area contributed by atoms with E-state index in [1.807, 2.05) is 0 Å². The highest BCUT2D eigenvalue weighted by atomic mass is 15.1. The molecule has 0 spiro atoms. The minimum Gasteiger partial charge on any atom is -0.310 e. The number of anilines is 3. The Hall–Kier alpha value is -6.12. The van der Waals surface area contributed by atoms with Gasteiger partial charge in [0, 0.05) is 33.2 Å². The van der Waals surface area contributed by atoms with Gasteiger partial charge in [-0.2, -0.15) is 0 Å². The van der Waals surface area contributed by atoms with Gasteiger partial charge in [-0.3, -0.25) is 0 Å². The highest BCUT2D eigenvalue weighted by Crippen LogP contribution is 2.42. The summed E-state index contributed by atoms with van der Waals surface area (Å²) < 4.78 is 2.41. The first-order valence-electron chi connectivity index (χ1n) is 15.8. The molecule has 0 bridgehead atoms. The van der Waals surface area contributed by atoms with Crippen molar-refractivity contribution in [3.05, 3.63) is 182 Å². The van der Waals surface area contributed by atoms with Gasteiger partial charge in [-0.1, -0.05) is 127 Å². The van der Waals surface area contributed by atoms with Crippen LogP contribution in [-0.4, -0.2) is 4.57 Å². The molecule has 0 radical (unpaired) electrons. The fraction of sp³-hybridized carbons (Fsp3) is 0. The first-order valence-corrected chi connectivity index (χ1v) is 15.8. The molecule has 0 N–H and O–H groups in total. The number of para-hydroxylation sites is 3. The van der Waals surface area contributed by atoms with Gasteiger partial charge in [0.25, 0.3) is 0 Å². The van der Waals surface area contributed by atoms with Crippen molar-refractivity contribution in [2.75, 3.05) is 4.90 Å². The van der Waals surface area contributed by atoms with Gasteiger partial charge in [-0.25, -0.2) is 0 Å². The highest BCUT2D eigenvalue weighted by molar-refractivity contribution is 6.10. The lowest BCUT2D eigenvalue weighted by Gasteiger charge is -2.27. The van der Waals surface area contributed by atoms with E-state index in [1.165, 1.54) is 54.5 Å². The number of hydrogen-bond donors (Lipinski definition) is 0. The third kappa shape index (κ3) is 4.27. The molecular formula is C44H30N2. The van der Waals surface area contributed by atoms with Crippen LogP contribution in [0.25, 0.3) is 60.2 Å². The van der Waals surface area contributed by atoms with E-state index in [2.05, 4.69) is 191 Å². The number of aromatic nitrogens is 1. The predicted octanol–water partition coefficient (Wildman–Crippen LogP) is 12.2. The van der Waals surface area contributed by atoms with Crippen molar-refractivity contribution in [2.45, 2.75) is 0 Å². The molecule has 216 valence electrons. The first kappa shape index (κ1) is 26.3. The fourth-order valence-electron chi connectivity index (χ4n) is 7.08. The van der Waals surface area contributed by atoms with E-state index in [4.69, 9.17) is 0 Å². The van der Waals surface area contributed by atoms with E-state index >= 15 is 0 Å². The molecule has 0 aliphatic heterocycles. The molecule has 0 unspecified atom stereocenters. The largest absolute Gasteiger partial charge is 0.310 e. The molecule has 1 heterocycles. The normalized spacial score (nSPS) is 11.5. The van der Waals surface area contributed by atoms with Crippen molar-refractivity contribution in [3.63, 3.8) is 0 Å². The third-order valence-electron chi connectivity index (χ3n) is 9.12. The summed E-state index contributed by atoms with van der Waals surface area (Å²) in [4.78, 5) is 2.38. The summed E-state index contributed by atoms with van der Waals surface area (Å²) in [5.74, 6) is 0. The average Bonchev–Trinajstić information content (AvgIpc) is 3.46. The highest BCUT2D eigenvalue weighted by Gasteiger charge is 2.18. The molecule has 0 aliphatic rings. The van der Waals surface area contributed by atoms with Gasteiger partial charge in [-0.15, -0.1) is 0 Å². The zero-order valence-electron chi connectivity index (χ0n) is 25.2. The molecule has 0 saturated carbocycles. The van der Waals surface area contributed by atoms with Crippen molar-refractivity contribution < 1.29 is 0 Å². The summed E-state index contributed by atoms with van der Waals surface area (Å²) in [5.41, 5.74) is 9.37. The standard InChI is InChI=1S/C44H30N2/c1-2-18-34(19-3-1)45(42-27-13-16-31-14-4-7-22-38(31)42)35-20-12-17-33(28-35)41-30-36(29-32-15-5-6-21-37(32)41)46-43-25-10-8-23-39(43)40-24-9-11-26-44(40)46/h1-30H. The Labute approximate surface area is 268 Å². The summed E-state index contributed by atoms with van der Waals surface area (Å²) in [5, 5.41) is 7.43. The maximum atomic E-state index is 2.41. The molecule has 46 heavy (non-hydrogen) atoms. The van der Waals surface area contributed by atoms with E-state index in [0.717, 1.165) is 22.7 Å². The second kappa shape index (κ2) is 10.8. The van der Waals surface area contributed by atoms with Crippen LogP contribution in [0.4, 0.5) is 17.1 Å². The monoisotopic (exact) mass is 586 g/mol. The maximum absolute atomic E-state index is 2.41. The molecule has 2 heteroatoms. The second-order valence-corrected chi connectivity index (χ2v) is 11.8. The second-order valence-electron chi connectivity index (χ2n) is 11.8. The zero-order valence-corrected chi connectivity index (χ0v) is 25.2. The summed E-state index contributed by atoms with van der Waals surface area (Å²) in [6.07, 6.45) is 0. The molecule has 0 fully saturated rings. The van der Waals surface area contributed by atoms with Crippen molar-refractivity contribution in [2.24, 2.45) is 0 Å². The number of hydrogen-bond acceptors (Lipinski definition) is 1. The van der Waals surface area contributed by atoms with Crippen LogP contribution in [0.15, 0.2) is 182 Å². The molecule has 1 aromatic heterocycles. The van der Waals surface area contributed by atoms with Crippen LogP contribution in [0, 0.1) is 0 Å². The van der Waals surface area contributed by atoms with Crippen LogP contribution in [-0.2, 0) is 0 Å². The Balaban J connectivity index is 1.28. The third-order valence-corrected chi connectivity index (χ3v) is 9.12. The zero-order chi connectivity index (χ0) is 30.5. The number of benzene rings is 8. The number of rotatable bonds is 5. The minimum atomic E-state index is 1.12. The van der Waals surface area contributed by atoms with Crippen LogP contribution in [0.1, 0.15) is 0 Å². The molecule has 0 aliphatic carbocycles. The molecule has 0 amide bonds. The van der Waals surface area contributed by atoms with E-state index in [0.29, 0.717) is 0 Å². The first-order chi connectivity index (χ1) is 22.8. The topological polar surface area (TPSA) is 8.17 Å². The quantitative estimate of drug-likeness (QED) is 0.195. The van der Waals surface area contributed by atoms with Crippen LogP contribution in [0.3, 0.4) is 0 Å². The smallest absolute Gasteiger partial charge is 0.0541 e.